The molecule has 4 aromatic rings. The monoisotopic (exact) mass is 323 g/mol. The fourth-order valence-corrected chi connectivity index (χ4v) is 2.63. The van der Waals surface area contributed by atoms with E-state index >= 15 is 0 Å². The van der Waals surface area contributed by atoms with Crippen molar-refractivity contribution in [3.05, 3.63) is 36.4 Å². The number of nitrogens with one attached hydrogen (secondary N) is 1. The second-order valence-corrected chi connectivity index (χ2v) is 5.51. The molecule has 0 fully saturated rings. The van der Waals surface area contributed by atoms with Crippen LogP contribution in [0.15, 0.2) is 30.6 Å². The summed E-state index contributed by atoms with van der Waals surface area (Å²) in [4.78, 5) is 8.71. The molecule has 4 rings (SSSR count). The van der Waals surface area contributed by atoms with Crippen molar-refractivity contribution < 1.29 is 0 Å². The van der Waals surface area contributed by atoms with Gasteiger partial charge in [-0.2, -0.15) is 15.1 Å². The number of hydrogen-bond donors (Lipinski definition) is 2. The van der Waals surface area contributed by atoms with E-state index in [0.717, 1.165) is 29.7 Å². The molecule has 0 aliphatic carbocycles. The Morgan fingerprint density at radius 3 is 3.04 bits per heavy atom. The highest BCUT2D eigenvalue weighted by atomic mass is 15.3. The van der Waals surface area contributed by atoms with Gasteiger partial charge in [-0.05, 0) is 18.6 Å². The SMILES string of the molecule is Cn1ncc2c(N)nc(NCCCc3nnc4ccccn34)nc21. The van der Waals surface area contributed by atoms with Crippen molar-refractivity contribution in [3.8, 4) is 0 Å². The number of aryl methyl sites for hydroxylation is 2. The number of rotatable bonds is 5. The molecular weight excluding hydrogens is 306 g/mol. The Labute approximate surface area is 137 Å². The molecule has 0 amide bonds. The van der Waals surface area contributed by atoms with Gasteiger partial charge in [-0.1, -0.05) is 6.07 Å². The number of aromatic nitrogens is 7. The van der Waals surface area contributed by atoms with Crippen LogP contribution in [0.3, 0.4) is 0 Å². The molecule has 122 valence electrons. The molecule has 9 nitrogen and oxygen atoms in total. The van der Waals surface area contributed by atoms with Crippen LogP contribution in [-0.4, -0.2) is 40.9 Å². The molecular formula is C15H17N9. The van der Waals surface area contributed by atoms with Crippen LogP contribution in [0.5, 0.6) is 0 Å². The lowest BCUT2D eigenvalue weighted by Gasteiger charge is -2.06. The molecule has 0 radical (unpaired) electrons. The lowest BCUT2D eigenvalue weighted by Crippen LogP contribution is -2.09. The lowest BCUT2D eigenvalue weighted by atomic mass is 10.3. The summed E-state index contributed by atoms with van der Waals surface area (Å²) in [6.07, 6.45) is 5.33. The average Bonchev–Trinajstić information content (AvgIpc) is 3.16. The summed E-state index contributed by atoms with van der Waals surface area (Å²) in [7, 11) is 1.83. The van der Waals surface area contributed by atoms with Crippen LogP contribution >= 0.6 is 0 Å². The zero-order valence-electron chi connectivity index (χ0n) is 13.2. The van der Waals surface area contributed by atoms with Crippen molar-refractivity contribution in [3.63, 3.8) is 0 Å². The van der Waals surface area contributed by atoms with E-state index in [1.54, 1.807) is 10.9 Å². The standard InChI is InChI=1S/C15H17N9/c1-23-14-10(9-18-23)13(16)19-15(20-14)17-7-4-6-12-22-21-11-5-2-3-8-24(11)12/h2-3,5,8-9H,4,6-7H2,1H3,(H3,16,17,19,20). The van der Waals surface area contributed by atoms with Gasteiger partial charge >= 0.3 is 0 Å². The van der Waals surface area contributed by atoms with Crippen LogP contribution in [0, 0.1) is 0 Å². The molecule has 9 heteroatoms. The van der Waals surface area contributed by atoms with Crippen molar-refractivity contribution in [2.45, 2.75) is 12.8 Å². The lowest BCUT2D eigenvalue weighted by molar-refractivity contribution is 0.777. The first-order valence-electron chi connectivity index (χ1n) is 7.70. The maximum absolute atomic E-state index is 5.95. The fourth-order valence-electron chi connectivity index (χ4n) is 2.63. The number of pyridine rings is 1. The maximum Gasteiger partial charge on any atom is 0.226 e. The Morgan fingerprint density at radius 1 is 1.21 bits per heavy atom. The Balaban J connectivity index is 1.41. The zero-order chi connectivity index (χ0) is 16.5. The third kappa shape index (κ3) is 2.49. The zero-order valence-corrected chi connectivity index (χ0v) is 13.2. The molecule has 0 aliphatic rings. The summed E-state index contributed by atoms with van der Waals surface area (Å²) in [5.74, 6) is 1.88. The van der Waals surface area contributed by atoms with E-state index in [2.05, 4.69) is 30.6 Å². The number of nitrogen functional groups attached to an aromatic ring is 1. The van der Waals surface area contributed by atoms with Crippen LogP contribution < -0.4 is 11.1 Å². The Bertz CT molecular complexity index is 1000. The quantitative estimate of drug-likeness (QED) is 0.528. The number of anilines is 2. The molecule has 24 heavy (non-hydrogen) atoms. The summed E-state index contributed by atoms with van der Waals surface area (Å²) in [5.41, 5.74) is 7.52. The van der Waals surface area contributed by atoms with E-state index in [-0.39, 0.29) is 0 Å². The van der Waals surface area contributed by atoms with Crippen molar-refractivity contribution >= 4 is 28.4 Å². The summed E-state index contributed by atoms with van der Waals surface area (Å²) in [6.45, 7) is 0.713. The maximum atomic E-state index is 5.95. The largest absolute Gasteiger partial charge is 0.383 e. The molecule has 0 saturated carbocycles. The molecule has 0 spiro atoms. The first kappa shape index (κ1) is 14.4. The first-order valence-corrected chi connectivity index (χ1v) is 7.70. The minimum Gasteiger partial charge on any atom is -0.383 e. The van der Waals surface area contributed by atoms with E-state index < -0.39 is 0 Å². The van der Waals surface area contributed by atoms with Crippen LogP contribution in [-0.2, 0) is 13.5 Å². The summed E-state index contributed by atoms with van der Waals surface area (Å²) < 4.78 is 3.68. The van der Waals surface area contributed by atoms with Gasteiger partial charge in [0.25, 0.3) is 0 Å². The highest BCUT2D eigenvalue weighted by molar-refractivity contribution is 5.86. The van der Waals surface area contributed by atoms with E-state index in [9.17, 15) is 0 Å². The molecule has 0 aromatic carbocycles. The molecule has 0 saturated heterocycles. The molecule has 0 aliphatic heterocycles. The van der Waals surface area contributed by atoms with Crippen molar-refractivity contribution in [2.24, 2.45) is 7.05 Å². The second kappa shape index (κ2) is 5.76. The highest BCUT2D eigenvalue weighted by Gasteiger charge is 2.09. The van der Waals surface area contributed by atoms with Crippen molar-refractivity contribution in [1.29, 1.82) is 0 Å². The third-order valence-electron chi connectivity index (χ3n) is 3.87. The van der Waals surface area contributed by atoms with E-state index in [1.165, 1.54) is 0 Å². The van der Waals surface area contributed by atoms with Gasteiger partial charge < -0.3 is 11.1 Å². The molecule has 0 atom stereocenters. The van der Waals surface area contributed by atoms with Gasteiger partial charge in [0.2, 0.25) is 5.95 Å². The second-order valence-electron chi connectivity index (χ2n) is 5.51. The number of nitrogens with two attached hydrogens (primary N) is 1. The topological polar surface area (TPSA) is 112 Å². The molecule has 4 heterocycles. The molecule has 0 unspecified atom stereocenters. The molecule has 0 bridgehead atoms. The van der Waals surface area contributed by atoms with Crippen LogP contribution in [0.25, 0.3) is 16.7 Å². The molecule has 4 aromatic heterocycles. The van der Waals surface area contributed by atoms with E-state index in [1.807, 2.05) is 35.8 Å². The van der Waals surface area contributed by atoms with Gasteiger partial charge in [0.15, 0.2) is 11.3 Å². The van der Waals surface area contributed by atoms with Crippen LogP contribution in [0.4, 0.5) is 11.8 Å². The minimum atomic E-state index is 0.430. The number of nitrogens with zero attached hydrogens (tertiary/aromatic N) is 7. The van der Waals surface area contributed by atoms with Gasteiger partial charge in [-0.3, -0.25) is 9.08 Å². The molecule has 3 N–H and O–H groups in total. The van der Waals surface area contributed by atoms with Gasteiger partial charge in [0.05, 0.1) is 11.6 Å². The predicted octanol–water partition coefficient (Wildman–Crippen LogP) is 1.03. The summed E-state index contributed by atoms with van der Waals surface area (Å²) in [5, 5.41) is 16.5. The average molecular weight is 323 g/mol. The number of fused-ring (bicyclic) bond motifs is 2. The van der Waals surface area contributed by atoms with E-state index in [0.29, 0.717) is 24.0 Å². The predicted molar refractivity (Wildman–Crippen MR) is 90.5 cm³/mol. The number of hydrogen-bond acceptors (Lipinski definition) is 7. The first-order chi connectivity index (χ1) is 11.7. The minimum absolute atomic E-state index is 0.430. The van der Waals surface area contributed by atoms with Crippen molar-refractivity contribution in [2.75, 3.05) is 17.6 Å². The highest BCUT2D eigenvalue weighted by Crippen LogP contribution is 2.18. The Kier molecular flexibility index (Phi) is 3.45. The van der Waals surface area contributed by atoms with Gasteiger partial charge in [0, 0.05) is 26.2 Å². The Hall–Kier alpha value is -3.23. The fraction of sp³-hybridized carbons (Fsp3) is 0.267. The Morgan fingerprint density at radius 2 is 2.12 bits per heavy atom. The van der Waals surface area contributed by atoms with Crippen molar-refractivity contribution in [1.82, 2.24) is 34.3 Å². The van der Waals surface area contributed by atoms with Crippen LogP contribution in [0.1, 0.15) is 12.2 Å². The normalized spacial score (nSPS) is 11.4. The smallest absolute Gasteiger partial charge is 0.226 e. The van der Waals surface area contributed by atoms with E-state index in [4.69, 9.17) is 5.73 Å². The summed E-state index contributed by atoms with van der Waals surface area (Å²) in [6, 6.07) is 5.86. The third-order valence-corrected chi connectivity index (χ3v) is 3.87. The van der Waals surface area contributed by atoms with Gasteiger partial charge in [0.1, 0.15) is 11.6 Å². The van der Waals surface area contributed by atoms with Gasteiger partial charge in [-0.15, -0.1) is 10.2 Å². The van der Waals surface area contributed by atoms with Crippen LogP contribution in [0.2, 0.25) is 0 Å². The summed E-state index contributed by atoms with van der Waals surface area (Å²) >= 11 is 0. The van der Waals surface area contributed by atoms with Gasteiger partial charge in [-0.25, -0.2) is 0 Å².